The number of hydrogen-bond acceptors (Lipinski definition) is 3. The minimum Gasteiger partial charge on any atom is -0.348 e. The molecule has 18 heavy (non-hydrogen) atoms. The molecule has 1 amide bonds. The van der Waals surface area contributed by atoms with Crippen LogP contribution in [0.15, 0.2) is 42.7 Å². The fourth-order valence-corrected chi connectivity index (χ4v) is 1.79. The molecule has 1 heterocycles. The van der Waals surface area contributed by atoms with Crippen LogP contribution in [0.5, 0.6) is 0 Å². The van der Waals surface area contributed by atoms with E-state index in [1.165, 1.54) is 0 Å². The van der Waals surface area contributed by atoms with Gasteiger partial charge in [-0.05, 0) is 18.6 Å². The predicted octanol–water partition coefficient (Wildman–Crippen LogP) is 0.702. The molecule has 2 aromatic rings. The standard InChI is InChI=1S/C13H14N4O/c14-11-6-12(11)16-13(18)9-7-15-17(8-9)10-4-2-1-3-5-10/h1-5,7-8,11-12H,6,14H2,(H,16,18). The van der Waals surface area contributed by atoms with Gasteiger partial charge in [0.2, 0.25) is 0 Å². The molecule has 1 aromatic carbocycles. The highest BCUT2D eigenvalue weighted by Crippen LogP contribution is 2.18. The van der Waals surface area contributed by atoms with Crippen LogP contribution in [-0.4, -0.2) is 27.8 Å². The minimum absolute atomic E-state index is 0.109. The van der Waals surface area contributed by atoms with Gasteiger partial charge in [-0.2, -0.15) is 5.10 Å². The molecule has 1 aromatic heterocycles. The summed E-state index contributed by atoms with van der Waals surface area (Å²) in [6.07, 6.45) is 4.15. The van der Waals surface area contributed by atoms with Crippen LogP contribution in [-0.2, 0) is 0 Å². The molecule has 3 rings (SSSR count). The summed E-state index contributed by atoms with van der Waals surface area (Å²) >= 11 is 0. The fraction of sp³-hybridized carbons (Fsp3) is 0.231. The van der Waals surface area contributed by atoms with E-state index in [0.717, 1.165) is 12.1 Å². The van der Waals surface area contributed by atoms with Gasteiger partial charge in [0.15, 0.2) is 0 Å². The van der Waals surface area contributed by atoms with Gasteiger partial charge in [-0.1, -0.05) is 18.2 Å². The minimum atomic E-state index is -0.116. The van der Waals surface area contributed by atoms with Gasteiger partial charge in [-0.3, -0.25) is 4.79 Å². The average Bonchev–Trinajstić information content (AvgIpc) is 2.92. The number of benzene rings is 1. The molecule has 5 heteroatoms. The van der Waals surface area contributed by atoms with Crippen LogP contribution >= 0.6 is 0 Å². The average molecular weight is 242 g/mol. The molecular formula is C13H14N4O. The van der Waals surface area contributed by atoms with Crippen LogP contribution < -0.4 is 11.1 Å². The first kappa shape index (κ1) is 11.0. The molecule has 2 atom stereocenters. The van der Waals surface area contributed by atoms with Crippen LogP contribution in [0, 0.1) is 0 Å². The summed E-state index contributed by atoms with van der Waals surface area (Å²) in [7, 11) is 0. The van der Waals surface area contributed by atoms with Gasteiger partial charge in [0.25, 0.3) is 5.91 Å². The number of carbonyl (C=O) groups excluding carboxylic acids is 1. The van der Waals surface area contributed by atoms with Crippen molar-refractivity contribution in [3.63, 3.8) is 0 Å². The summed E-state index contributed by atoms with van der Waals surface area (Å²) in [6, 6.07) is 9.90. The molecule has 0 spiro atoms. The zero-order valence-electron chi connectivity index (χ0n) is 9.78. The van der Waals surface area contributed by atoms with Crippen LogP contribution in [0.4, 0.5) is 0 Å². The molecule has 5 nitrogen and oxygen atoms in total. The molecule has 0 bridgehead atoms. The number of para-hydroxylation sites is 1. The van der Waals surface area contributed by atoms with E-state index in [-0.39, 0.29) is 18.0 Å². The van der Waals surface area contributed by atoms with Crippen LogP contribution in [0.1, 0.15) is 16.8 Å². The Morgan fingerprint density at radius 3 is 2.78 bits per heavy atom. The third-order valence-electron chi connectivity index (χ3n) is 3.02. The van der Waals surface area contributed by atoms with Gasteiger partial charge in [-0.15, -0.1) is 0 Å². The molecule has 2 unspecified atom stereocenters. The molecule has 92 valence electrons. The predicted molar refractivity (Wildman–Crippen MR) is 67.4 cm³/mol. The van der Waals surface area contributed by atoms with E-state index in [0.29, 0.717) is 5.56 Å². The van der Waals surface area contributed by atoms with Crippen molar-refractivity contribution in [2.45, 2.75) is 18.5 Å². The van der Waals surface area contributed by atoms with Crippen LogP contribution in [0.2, 0.25) is 0 Å². The van der Waals surface area contributed by atoms with E-state index in [2.05, 4.69) is 10.4 Å². The number of hydrogen-bond donors (Lipinski definition) is 2. The lowest BCUT2D eigenvalue weighted by Crippen LogP contribution is -2.29. The summed E-state index contributed by atoms with van der Waals surface area (Å²) in [5, 5.41) is 7.05. The lowest BCUT2D eigenvalue weighted by Gasteiger charge is -2.01. The smallest absolute Gasteiger partial charge is 0.254 e. The Morgan fingerprint density at radius 2 is 2.11 bits per heavy atom. The number of nitrogens with one attached hydrogen (secondary N) is 1. The van der Waals surface area contributed by atoms with Gasteiger partial charge in [0.05, 0.1) is 17.4 Å². The first-order chi connectivity index (χ1) is 8.74. The number of aromatic nitrogens is 2. The molecule has 1 saturated carbocycles. The molecular weight excluding hydrogens is 228 g/mol. The zero-order chi connectivity index (χ0) is 12.5. The molecule has 1 aliphatic rings. The second kappa shape index (κ2) is 4.27. The Morgan fingerprint density at radius 1 is 1.39 bits per heavy atom. The molecule has 1 aliphatic carbocycles. The Labute approximate surface area is 105 Å². The number of carbonyl (C=O) groups is 1. The van der Waals surface area contributed by atoms with E-state index >= 15 is 0 Å². The molecule has 0 aliphatic heterocycles. The fourth-order valence-electron chi connectivity index (χ4n) is 1.79. The second-order valence-corrected chi connectivity index (χ2v) is 4.49. The Balaban J connectivity index is 1.75. The van der Waals surface area contributed by atoms with Crippen molar-refractivity contribution in [2.75, 3.05) is 0 Å². The van der Waals surface area contributed by atoms with Gasteiger partial charge in [-0.25, -0.2) is 4.68 Å². The molecule has 1 fully saturated rings. The lowest BCUT2D eigenvalue weighted by atomic mass is 10.3. The van der Waals surface area contributed by atoms with Crippen molar-refractivity contribution in [3.8, 4) is 5.69 Å². The van der Waals surface area contributed by atoms with Crippen molar-refractivity contribution in [2.24, 2.45) is 5.73 Å². The van der Waals surface area contributed by atoms with Gasteiger partial charge < -0.3 is 11.1 Å². The summed E-state index contributed by atoms with van der Waals surface area (Å²) < 4.78 is 1.68. The first-order valence-corrected chi connectivity index (χ1v) is 5.90. The normalized spacial score (nSPS) is 21.6. The zero-order valence-corrected chi connectivity index (χ0v) is 9.78. The summed E-state index contributed by atoms with van der Waals surface area (Å²) in [6.45, 7) is 0. The van der Waals surface area contributed by atoms with E-state index < -0.39 is 0 Å². The van der Waals surface area contributed by atoms with Crippen molar-refractivity contribution in [1.82, 2.24) is 15.1 Å². The van der Waals surface area contributed by atoms with Gasteiger partial charge >= 0.3 is 0 Å². The van der Waals surface area contributed by atoms with Crippen LogP contribution in [0.3, 0.4) is 0 Å². The molecule has 0 saturated heterocycles. The third kappa shape index (κ3) is 2.12. The Hall–Kier alpha value is -2.14. The quantitative estimate of drug-likeness (QED) is 0.832. The Kier molecular flexibility index (Phi) is 2.60. The summed E-state index contributed by atoms with van der Waals surface area (Å²) in [4.78, 5) is 11.9. The number of nitrogens with two attached hydrogens (primary N) is 1. The summed E-state index contributed by atoms with van der Waals surface area (Å²) in [5.41, 5.74) is 7.14. The van der Waals surface area contributed by atoms with E-state index in [1.807, 2.05) is 30.3 Å². The number of amides is 1. The van der Waals surface area contributed by atoms with E-state index in [4.69, 9.17) is 5.73 Å². The maximum Gasteiger partial charge on any atom is 0.254 e. The van der Waals surface area contributed by atoms with E-state index in [9.17, 15) is 4.79 Å². The van der Waals surface area contributed by atoms with E-state index in [1.54, 1.807) is 17.1 Å². The first-order valence-electron chi connectivity index (χ1n) is 5.90. The van der Waals surface area contributed by atoms with Crippen molar-refractivity contribution >= 4 is 5.91 Å². The van der Waals surface area contributed by atoms with Gasteiger partial charge in [0, 0.05) is 18.3 Å². The third-order valence-corrected chi connectivity index (χ3v) is 3.02. The highest BCUT2D eigenvalue weighted by molar-refractivity contribution is 5.94. The summed E-state index contributed by atoms with van der Waals surface area (Å²) in [5.74, 6) is -0.116. The Bertz CT molecular complexity index is 563. The van der Waals surface area contributed by atoms with Gasteiger partial charge in [0.1, 0.15) is 0 Å². The highest BCUT2D eigenvalue weighted by atomic mass is 16.1. The molecule has 0 radical (unpaired) electrons. The van der Waals surface area contributed by atoms with Crippen molar-refractivity contribution < 1.29 is 4.79 Å². The van der Waals surface area contributed by atoms with Crippen molar-refractivity contribution in [1.29, 1.82) is 0 Å². The second-order valence-electron chi connectivity index (χ2n) is 4.49. The lowest BCUT2D eigenvalue weighted by molar-refractivity contribution is 0.0950. The SMILES string of the molecule is NC1CC1NC(=O)c1cnn(-c2ccccc2)c1. The monoisotopic (exact) mass is 242 g/mol. The topological polar surface area (TPSA) is 72.9 Å². The van der Waals surface area contributed by atoms with Crippen molar-refractivity contribution in [3.05, 3.63) is 48.3 Å². The maximum atomic E-state index is 11.9. The molecule has 3 N–H and O–H groups in total. The number of nitrogens with zero attached hydrogens (tertiary/aromatic N) is 2. The highest BCUT2D eigenvalue weighted by Gasteiger charge is 2.35. The largest absolute Gasteiger partial charge is 0.348 e. The van der Waals surface area contributed by atoms with Crippen LogP contribution in [0.25, 0.3) is 5.69 Å². The number of rotatable bonds is 3. The maximum absolute atomic E-state index is 11.9.